The van der Waals surface area contributed by atoms with Crippen molar-refractivity contribution in [1.82, 2.24) is 10.2 Å². The van der Waals surface area contributed by atoms with Crippen LogP contribution in [0.1, 0.15) is 11.3 Å². The highest BCUT2D eigenvalue weighted by molar-refractivity contribution is 5.99. The van der Waals surface area contributed by atoms with Crippen LogP contribution >= 0.6 is 0 Å². The van der Waals surface area contributed by atoms with Gasteiger partial charge in [-0.2, -0.15) is 0 Å². The van der Waals surface area contributed by atoms with E-state index in [9.17, 15) is 0 Å². The van der Waals surface area contributed by atoms with E-state index in [4.69, 9.17) is 4.42 Å². The van der Waals surface area contributed by atoms with Crippen LogP contribution in [-0.4, -0.2) is 10.2 Å². The first-order chi connectivity index (χ1) is 11.8. The number of nitrogens with one attached hydrogen (secondary N) is 1. The minimum atomic E-state index is 0.579. The number of hydrogen-bond acceptors (Lipinski definition) is 4. The van der Waals surface area contributed by atoms with Gasteiger partial charge in [-0.1, -0.05) is 54.1 Å². The molecule has 0 bridgehead atoms. The lowest BCUT2D eigenvalue weighted by Gasteiger charge is -2.10. The van der Waals surface area contributed by atoms with Crippen molar-refractivity contribution in [2.24, 2.45) is 0 Å². The number of aryl methyl sites for hydroxylation is 1. The van der Waals surface area contributed by atoms with E-state index in [1.807, 2.05) is 24.3 Å². The van der Waals surface area contributed by atoms with Gasteiger partial charge >= 0.3 is 0 Å². The predicted molar refractivity (Wildman–Crippen MR) is 95.7 cm³/mol. The van der Waals surface area contributed by atoms with Crippen LogP contribution in [0.4, 0.5) is 5.82 Å². The molecule has 0 saturated carbocycles. The lowest BCUT2D eigenvalue weighted by atomic mass is 10.0. The monoisotopic (exact) mass is 315 g/mol. The van der Waals surface area contributed by atoms with Crippen LogP contribution in [0.5, 0.6) is 0 Å². The van der Waals surface area contributed by atoms with Crippen LogP contribution in [0.2, 0.25) is 0 Å². The summed E-state index contributed by atoms with van der Waals surface area (Å²) in [6, 6.07) is 20.3. The fourth-order valence-electron chi connectivity index (χ4n) is 2.74. The molecule has 0 aliphatic rings. The van der Waals surface area contributed by atoms with E-state index in [0.717, 1.165) is 33.6 Å². The highest BCUT2D eigenvalue weighted by Crippen LogP contribution is 2.29. The molecule has 0 aliphatic carbocycles. The van der Waals surface area contributed by atoms with Crippen LogP contribution in [-0.2, 0) is 6.54 Å². The van der Waals surface area contributed by atoms with Crippen molar-refractivity contribution in [3.8, 4) is 11.3 Å². The van der Waals surface area contributed by atoms with E-state index in [1.165, 1.54) is 5.56 Å². The summed E-state index contributed by atoms with van der Waals surface area (Å²) in [5, 5.41) is 14.3. The lowest BCUT2D eigenvalue weighted by Crippen LogP contribution is -2.03. The van der Waals surface area contributed by atoms with Gasteiger partial charge in [-0.15, -0.1) is 10.2 Å². The number of rotatable bonds is 4. The van der Waals surface area contributed by atoms with Crippen LogP contribution in [0.3, 0.4) is 0 Å². The molecule has 1 N–H and O–H groups in total. The molecule has 0 unspecified atom stereocenters. The average molecular weight is 315 g/mol. The second-order valence-electron chi connectivity index (χ2n) is 5.74. The molecular formula is C20H17N3O. The van der Waals surface area contributed by atoms with Gasteiger partial charge in [-0.25, -0.2) is 0 Å². The quantitative estimate of drug-likeness (QED) is 0.587. The third-order valence-electron chi connectivity index (χ3n) is 4.02. The maximum Gasteiger partial charge on any atom is 0.156 e. The van der Waals surface area contributed by atoms with Gasteiger partial charge in [-0.05, 0) is 19.1 Å². The number of nitrogens with zero attached hydrogens (tertiary/aromatic N) is 2. The first-order valence-electron chi connectivity index (χ1n) is 7.90. The summed E-state index contributed by atoms with van der Waals surface area (Å²) < 4.78 is 5.36. The van der Waals surface area contributed by atoms with E-state index in [0.29, 0.717) is 6.54 Å². The summed E-state index contributed by atoms with van der Waals surface area (Å²) in [5.74, 6) is 1.63. The van der Waals surface area contributed by atoms with Crippen molar-refractivity contribution >= 4 is 16.6 Å². The van der Waals surface area contributed by atoms with Crippen LogP contribution in [0.25, 0.3) is 22.0 Å². The van der Waals surface area contributed by atoms with Gasteiger partial charge in [0.05, 0.1) is 12.8 Å². The lowest BCUT2D eigenvalue weighted by molar-refractivity contribution is 0.518. The van der Waals surface area contributed by atoms with E-state index in [-0.39, 0.29) is 0 Å². The molecule has 2 heterocycles. The summed E-state index contributed by atoms with van der Waals surface area (Å²) in [6.07, 6.45) is 1.67. The molecule has 4 heteroatoms. The van der Waals surface area contributed by atoms with E-state index in [2.05, 4.69) is 58.8 Å². The van der Waals surface area contributed by atoms with Crippen molar-refractivity contribution in [2.75, 3.05) is 5.32 Å². The summed E-state index contributed by atoms with van der Waals surface area (Å²) in [4.78, 5) is 0. The summed E-state index contributed by atoms with van der Waals surface area (Å²) >= 11 is 0. The minimum absolute atomic E-state index is 0.579. The largest absolute Gasteiger partial charge is 0.467 e. The molecule has 2 aromatic carbocycles. The number of aromatic nitrogens is 2. The maximum atomic E-state index is 5.36. The number of fused-ring (bicyclic) bond motifs is 1. The van der Waals surface area contributed by atoms with Crippen molar-refractivity contribution in [3.05, 3.63) is 78.3 Å². The minimum Gasteiger partial charge on any atom is -0.467 e. The van der Waals surface area contributed by atoms with Gasteiger partial charge in [0, 0.05) is 16.3 Å². The molecule has 0 aliphatic heterocycles. The normalized spacial score (nSPS) is 10.9. The predicted octanol–water partition coefficient (Wildman–Crippen LogP) is 4.81. The molecule has 4 nitrogen and oxygen atoms in total. The molecule has 0 spiro atoms. The van der Waals surface area contributed by atoms with E-state index in [1.54, 1.807) is 6.26 Å². The molecule has 0 atom stereocenters. The van der Waals surface area contributed by atoms with Crippen LogP contribution in [0.15, 0.2) is 71.3 Å². The van der Waals surface area contributed by atoms with E-state index < -0.39 is 0 Å². The second-order valence-corrected chi connectivity index (χ2v) is 5.74. The fourth-order valence-corrected chi connectivity index (χ4v) is 2.74. The van der Waals surface area contributed by atoms with Gasteiger partial charge in [0.2, 0.25) is 0 Å². The first-order valence-corrected chi connectivity index (χ1v) is 7.90. The Morgan fingerprint density at radius 3 is 2.42 bits per heavy atom. The van der Waals surface area contributed by atoms with E-state index >= 15 is 0 Å². The van der Waals surface area contributed by atoms with Gasteiger partial charge in [0.1, 0.15) is 11.5 Å². The number of benzene rings is 2. The van der Waals surface area contributed by atoms with Gasteiger partial charge in [0.15, 0.2) is 5.82 Å². The maximum absolute atomic E-state index is 5.36. The topological polar surface area (TPSA) is 51.0 Å². The SMILES string of the molecule is Cc1ccc(-c2nnc(NCc3ccco3)c3ccccc23)cc1. The molecule has 0 saturated heterocycles. The zero-order chi connectivity index (χ0) is 16.4. The Morgan fingerprint density at radius 2 is 1.67 bits per heavy atom. The molecular weight excluding hydrogens is 298 g/mol. The van der Waals surface area contributed by atoms with Crippen LogP contribution < -0.4 is 5.32 Å². The number of furan rings is 1. The Hall–Kier alpha value is -3.14. The van der Waals surface area contributed by atoms with Crippen molar-refractivity contribution in [3.63, 3.8) is 0 Å². The molecule has 24 heavy (non-hydrogen) atoms. The Balaban J connectivity index is 1.75. The molecule has 2 aromatic heterocycles. The highest BCUT2D eigenvalue weighted by Gasteiger charge is 2.10. The summed E-state index contributed by atoms with van der Waals surface area (Å²) in [5.41, 5.74) is 3.20. The third-order valence-corrected chi connectivity index (χ3v) is 4.02. The standard InChI is InChI=1S/C20H17N3O/c1-14-8-10-15(11-9-14)19-17-6-2-3-7-18(17)20(23-22-19)21-13-16-5-4-12-24-16/h2-12H,13H2,1H3,(H,21,23). The van der Waals surface area contributed by atoms with Gasteiger partial charge < -0.3 is 9.73 Å². The highest BCUT2D eigenvalue weighted by atomic mass is 16.3. The Labute approximate surface area is 140 Å². The molecule has 0 fully saturated rings. The van der Waals surface area contributed by atoms with Gasteiger partial charge in [0.25, 0.3) is 0 Å². The smallest absolute Gasteiger partial charge is 0.156 e. The molecule has 118 valence electrons. The molecule has 4 aromatic rings. The Bertz CT molecular complexity index is 960. The average Bonchev–Trinajstić information content (AvgIpc) is 3.14. The van der Waals surface area contributed by atoms with Gasteiger partial charge in [-0.3, -0.25) is 0 Å². The second kappa shape index (κ2) is 6.16. The Kier molecular flexibility index (Phi) is 3.71. The van der Waals surface area contributed by atoms with Crippen molar-refractivity contribution in [1.29, 1.82) is 0 Å². The number of anilines is 1. The summed E-state index contributed by atoms with van der Waals surface area (Å²) in [7, 11) is 0. The fraction of sp³-hybridized carbons (Fsp3) is 0.100. The summed E-state index contributed by atoms with van der Waals surface area (Å²) in [6.45, 7) is 2.66. The van der Waals surface area contributed by atoms with Crippen molar-refractivity contribution in [2.45, 2.75) is 13.5 Å². The number of hydrogen-bond donors (Lipinski definition) is 1. The molecule has 0 amide bonds. The molecule has 4 rings (SSSR count). The zero-order valence-corrected chi connectivity index (χ0v) is 13.4. The third kappa shape index (κ3) is 2.74. The first kappa shape index (κ1) is 14.5. The van der Waals surface area contributed by atoms with Crippen molar-refractivity contribution < 1.29 is 4.42 Å². The molecule has 0 radical (unpaired) electrons. The van der Waals surface area contributed by atoms with Crippen LogP contribution in [0, 0.1) is 6.92 Å². The zero-order valence-electron chi connectivity index (χ0n) is 13.4. The Morgan fingerprint density at radius 1 is 0.875 bits per heavy atom.